The highest BCUT2D eigenvalue weighted by atomic mass is 35.5. The van der Waals surface area contributed by atoms with Gasteiger partial charge in [-0.25, -0.2) is 4.79 Å². The van der Waals surface area contributed by atoms with E-state index in [-0.39, 0.29) is 31.0 Å². The average Bonchev–Trinajstić information content (AvgIpc) is 3.17. The van der Waals surface area contributed by atoms with Gasteiger partial charge in [0.05, 0.1) is 0 Å². The second-order valence-electron chi connectivity index (χ2n) is 7.33. The number of rotatable bonds is 9. The van der Waals surface area contributed by atoms with Crippen LogP contribution in [0, 0.1) is 5.41 Å². The molecule has 3 N–H and O–H groups in total. The number of esters is 1. The maximum Gasteiger partial charge on any atom is 0.330 e. The zero-order valence-electron chi connectivity index (χ0n) is 16.7. The Hall–Kier alpha value is -2.00. The molecule has 0 aromatic carbocycles. The number of carbonyl (C=O) groups excluding carboxylic acids is 2. The Morgan fingerprint density at radius 1 is 1.28 bits per heavy atom. The van der Waals surface area contributed by atoms with Crippen molar-refractivity contribution in [3.05, 3.63) is 20.8 Å². The van der Waals surface area contributed by atoms with E-state index in [1.807, 2.05) is 13.8 Å². The van der Waals surface area contributed by atoms with Crippen molar-refractivity contribution in [2.75, 3.05) is 23.8 Å². The number of nitrogen functional groups attached to an aromatic ring is 1. The lowest BCUT2D eigenvalue weighted by Gasteiger charge is -2.24. The van der Waals surface area contributed by atoms with Crippen LogP contribution in [0.25, 0.3) is 0 Å². The zero-order chi connectivity index (χ0) is 22.0. The summed E-state index contributed by atoms with van der Waals surface area (Å²) in [6.07, 6.45) is 2.16. The van der Waals surface area contributed by atoms with E-state index in [0.717, 1.165) is 11.3 Å². The van der Waals surface area contributed by atoms with Crippen LogP contribution >= 0.6 is 23.2 Å². The summed E-state index contributed by atoms with van der Waals surface area (Å²) in [5.74, 6) is -1.43. The lowest BCUT2D eigenvalue weighted by atomic mass is 10.1. The Labute approximate surface area is 178 Å². The summed E-state index contributed by atoms with van der Waals surface area (Å²) in [6.45, 7) is 5.18. The molecule has 29 heavy (non-hydrogen) atoms. The fourth-order valence-electron chi connectivity index (χ4n) is 2.95. The molecule has 1 aliphatic rings. The summed E-state index contributed by atoms with van der Waals surface area (Å²) in [6, 6.07) is 0. The summed E-state index contributed by atoms with van der Waals surface area (Å²) in [7, 11) is 0. The number of alkyl halides is 2. The number of ether oxygens (including phenoxy) is 1. The molecular formula is C18H26Cl2N4O5. The molecule has 0 saturated heterocycles. The fourth-order valence-corrected chi connectivity index (χ4v) is 3.64. The van der Waals surface area contributed by atoms with Gasteiger partial charge in [0, 0.05) is 19.5 Å². The molecule has 1 unspecified atom stereocenters. The van der Waals surface area contributed by atoms with Crippen molar-refractivity contribution in [1.29, 1.82) is 0 Å². The monoisotopic (exact) mass is 448 g/mol. The minimum absolute atomic E-state index is 0.105. The quantitative estimate of drug-likeness (QED) is 0.437. The Kier molecular flexibility index (Phi) is 7.06. The molecule has 0 aliphatic heterocycles. The van der Waals surface area contributed by atoms with E-state index < -0.39 is 39.5 Å². The van der Waals surface area contributed by atoms with Crippen LogP contribution in [0.5, 0.6) is 0 Å². The van der Waals surface area contributed by atoms with Gasteiger partial charge in [-0.3, -0.25) is 23.9 Å². The Bertz CT molecular complexity index is 910. The molecule has 2 rings (SSSR count). The summed E-state index contributed by atoms with van der Waals surface area (Å²) in [4.78, 5) is 52.9. The molecule has 1 atom stereocenters. The van der Waals surface area contributed by atoms with Gasteiger partial charge < -0.3 is 15.4 Å². The predicted molar refractivity (Wildman–Crippen MR) is 111 cm³/mol. The topological polar surface area (TPSA) is 127 Å². The number of nitrogens with zero attached hydrogens (tertiary/aromatic N) is 2. The third-order valence-electron chi connectivity index (χ3n) is 5.00. The van der Waals surface area contributed by atoms with E-state index in [0.29, 0.717) is 12.8 Å². The molecule has 11 heteroatoms. The number of halogens is 2. The molecule has 1 heterocycles. The van der Waals surface area contributed by atoms with Gasteiger partial charge in [0.1, 0.15) is 15.6 Å². The first-order valence-electron chi connectivity index (χ1n) is 9.48. The number of aromatic nitrogens is 2. The SMILES string of the molecule is CCCCN(C(=O)COC(=O)C1(C)CC1(Cl)Cl)c1c(N)n(CCC)c(=O)[nH]c1=O. The van der Waals surface area contributed by atoms with Crippen LogP contribution in [0.2, 0.25) is 0 Å². The second kappa shape index (κ2) is 8.79. The summed E-state index contributed by atoms with van der Waals surface area (Å²) in [5.41, 5.74) is 3.44. The number of hydrogen-bond acceptors (Lipinski definition) is 6. The molecule has 1 saturated carbocycles. The van der Waals surface area contributed by atoms with Crippen LogP contribution in [0.4, 0.5) is 11.5 Å². The highest BCUT2D eigenvalue weighted by molar-refractivity contribution is 6.53. The smallest absolute Gasteiger partial charge is 0.330 e. The number of amides is 1. The van der Waals surface area contributed by atoms with Gasteiger partial charge in [0.2, 0.25) is 0 Å². The van der Waals surface area contributed by atoms with Gasteiger partial charge >= 0.3 is 11.7 Å². The van der Waals surface area contributed by atoms with Crippen molar-refractivity contribution in [2.45, 2.75) is 57.3 Å². The van der Waals surface area contributed by atoms with Crippen LogP contribution in [-0.2, 0) is 20.9 Å². The van der Waals surface area contributed by atoms with Crippen molar-refractivity contribution >= 4 is 46.6 Å². The largest absolute Gasteiger partial charge is 0.455 e. The summed E-state index contributed by atoms with van der Waals surface area (Å²) in [5, 5.41) is 0. The predicted octanol–water partition coefficient (Wildman–Crippen LogP) is 1.79. The van der Waals surface area contributed by atoms with Crippen LogP contribution in [0.1, 0.15) is 46.5 Å². The summed E-state index contributed by atoms with van der Waals surface area (Å²) >= 11 is 11.9. The number of anilines is 2. The van der Waals surface area contributed by atoms with Gasteiger partial charge in [-0.05, 0) is 19.8 Å². The third-order valence-corrected chi connectivity index (χ3v) is 6.10. The minimum Gasteiger partial charge on any atom is -0.455 e. The van der Waals surface area contributed by atoms with Crippen LogP contribution < -0.4 is 21.9 Å². The molecular weight excluding hydrogens is 423 g/mol. The molecule has 162 valence electrons. The molecule has 1 aromatic rings. The Balaban J connectivity index is 2.29. The molecule has 1 amide bonds. The highest BCUT2D eigenvalue weighted by Crippen LogP contribution is 2.64. The standard InChI is InChI=1S/C18H26Cl2N4O5/c1-4-6-8-23(11(25)9-29-15(27)17(3)10-18(17,19)20)12-13(21)24(7-5-2)16(28)22-14(12)26/h4-10,21H2,1-3H3,(H,22,26,28). The van der Waals surface area contributed by atoms with Crippen LogP contribution in [0.3, 0.4) is 0 Å². The van der Waals surface area contributed by atoms with E-state index in [1.54, 1.807) is 6.92 Å². The lowest BCUT2D eigenvalue weighted by Crippen LogP contribution is -2.43. The number of H-pyrrole nitrogens is 1. The first-order chi connectivity index (χ1) is 13.5. The zero-order valence-corrected chi connectivity index (χ0v) is 18.2. The van der Waals surface area contributed by atoms with E-state index >= 15 is 0 Å². The van der Waals surface area contributed by atoms with E-state index in [1.165, 1.54) is 4.57 Å². The molecule has 1 fully saturated rings. The van der Waals surface area contributed by atoms with Gasteiger partial charge in [-0.2, -0.15) is 0 Å². The maximum atomic E-state index is 12.8. The number of nitrogens with one attached hydrogen (secondary N) is 1. The van der Waals surface area contributed by atoms with Crippen molar-refractivity contribution in [3.63, 3.8) is 0 Å². The van der Waals surface area contributed by atoms with E-state index in [9.17, 15) is 19.2 Å². The average molecular weight is 449 g/mol. The van der Waals surface area contributed by atoms with Gasteiger partial charge in [-0.15, -0.1) is 23.2 Å². The number of hydrogen-bond donors (Lipinski definition) is 2. The van der Waals surface area contributed by atoms with Crippen molar-refractivity contribution < 1.29 is 14.3 Å². The molecule has 0 spiro atoms. The van der Waals surface area contributed by atoms with Crippen LogP contribution in [-0.4, -0.2) is 38.9 Å². The van der Waals surface area contributed by atoms with Crippen molar-refractivity contribution in [1.82, 2.24) is 9.55 Å². The number of aromatic amines is 1. The third kappa shape index (κ3) is 4.61. The number of carbonyl (C=O) groups is 2. The minimum atomic E-state index is -1.22. The normalized spacial score (nSPS) is 19.6. The van der Waals surface area contributed by atoms with E-state index in [2.05, 4.69) is 4.98 Å². The van der Waals surface area contributed by atoms with Crippen molar-refractivity contribution in [3.8, 4) is 0 Å². The number of unbranched alkanes of at least 4 members (excludes halogenated alkanes) is 1. The maximum absolute atomic E-state index is 12.8. The summed E-state index contributed by atoms with van der Waals surface area (Å²) < 4.78 is 5.10. The fraction of sp³-hybridized carbons (Fsp3) is 0.667. The Morgan fingerprint density at radius 2 is 1.90 bits per heavy atom. The highest BCUT2D eigenvalue weighted by Gasteiger charge is 2.69. The van der Waals surface area contributed by atoms with Gasteiger partial charge in [-0.1, -0.05) is 20.3 Å². The van der Waals surface area contributed by atoms with E-state index in [4.69, 9.17) is 33.7 Å². The second-order valence-corrected chi connectivity index (χ2v) is 8.82. The molecule has 1 aliphatic carbocycles. The Morgan fingerprint density at radius 3 is 2.41 bits per heavy atom. The first-order valence-corrected chi connectivity index (χ1v) is 10.2. The molecule has 0 radical (unpaired) electrons. The molecule has 9 nitrogen and oxygen atoms in total. The number of nitrogens with two attached hydrogens (primary N) is 1. The van der Waals surface area contributed by atoms with Crippen LogP contribution in [0.15, 0.2) is 9.59 Å². The van der Waals surface area contributed by atoms with Gasteiger partial charge in [0.25, 0.3) is 11.5 Å². The van der Waals surface area contributed by atoms with Gasteiger partial charge in [0.15, 0.2) is 12.3 Å². The van der Waals surface area contributed by atoms with Crippen molar-refractivity contribution in [2.24, 2.45) is 5.41 Å². The lowest BCUT2D eigenvalue weighted by molar-refractivity contribution is -0.152. The first kappa shape index (κ1) is 23.3. The molecule has 1 aromatic heterocycles. The molecule has 0 bridgehead atoms.